The van der Waals surface area contributed by atoms with E-state index in [0.29, 0.717) is 6.42 Å². The lowest BCUT2D eigenvalue weighted by Gasteiger charge is -2.27. The van der Waals surface area contributed by atoms with Crippen LogP contribution >= 0.6 is 0 Å². The molecular weight excluding hydrogens is 232 g/mol. The Hall–Kier alpha value is -1.10. The fraction of sp³-hybridized carbons (Fsp3) is 0.846. The molecule has 0 aliphatic carbocycles. The average Bonchev–Trinajstić information content (AvgIpc) is 2.11. The molecule has 0 bridgehead atoms. The molecule has 0 aromatic rings. The standard InChI is InChI=1S/C13H26N2O3/c1-8(2)11(14)12(18)15-9(6-10(16)17)7-13(3,4)5/h8-9,11H,6-7,14H2,1-5H3,(H,15,18)(H,16,17). The highest BCUT2D eigenvalue weighted by atomic mass is 16.4. The monoisotopic (exact) mass is 258 g/mol. The summed E-state index contributed by atoms with van der Waals surface area (Å²) in [6.07, 6.45) is 0.531. The van der Waals surface area contributed by atoms with Crippen LogP contribution in [0.15, 0.2) is 0 Å². The van der Waals surface area contributed by atoms with Crippen molar-refractivity contribution in [3.8, 4) is 0 Å². The molecule has 0 rings (SSSR count). The number of rotatable bonds is 6. The molecule has 0 saturated carbocycles. The second-order valence-corrected chi connectivity index (χ2v) is 6.34. The number of amides is 1. The lowest BCUT2D eigenvalue weighted by Crippen LogP contribution is -2.49. The van der Waals surface area contributed by atoms with Crippen LogP contribution < -0.4 is 11.1 Å². The Balaban J connectivity index is 4.59. The number of aliphatic carboxylic acids is 1. The number of carbonyl (C=O) groups excluding carboxylic acids is 1. The molecule has 5 nitrogen and oxygen atoms in total. The van der Waals surface area contributed by atoms with Crippen LogP contribution in [0.5, 0.6) is 0 Å². The summed E-state index contributed by atoms with van der Waals surface area (Å²) in [6, 6.07) is -0.971. The van der Waals surface area contributed by atoms with Gasteiger partial charge in [-0.15, -0.1) is 0 Å². The number of nitrogens with one attached hydrogen (secondary N) is 1. The smallest absolute Gasteiger partial charge is 0.305 e. The molecule has 5 heteroatoms. The first-order valence-electron chi connectivity index (χ1n) is 6.30. The quantitative estimate of drug-likeness (QED) is 0.671. The van der Waals surface area contributed by atoms with Gasteiger partial charge in [-0.25, -0.2) is 0 Å². The van der Waals surface area contributed by atoms with Gasteiger partial charge in [-0.2, -0.15) is 0 Å². The van der Waals surface area contributed by atoms with Gasteiger partial charge in [0.05, 0.1) is 12.5 Å². The second-order valence-electron chi connectivity index (χ2n) is 6.34. The average molecular weight is 258 g/mol. The lowest BCUT2D eigenvalue weighted by molar-refractivity contribution is -0.138. The molecule has 18 heavy (non-hydrogen) atoms. The Morgan fingerprint density at radius 3 is 2.11 bits per heavy atom. The van der Waals surface area contributed by atoms with E-state index in [1.807, 2.05) is 34.6 Å². The van der Waals surface area contributed by atoms with Gasteiger partial charge in [0.15, 0.2) is 0 Å². The first kappa shape index (κ1) is 16.9. The number of hydrogen-bond donors (Lipinski definition) is 3. The van der Waals surface area contributed by atoms with Crippen molar-refractivity contribution in [3.63, 3.8) is 0 Å². The van der Waals surface area contributed by atoms with E-state index in [1.165, 1.54) is 0 Å². The van der Waals surface area contributed by atoms with Crippen molar-refractivity contribution in [2.24, 2.45) is 17.1 Å². The van der Waals surface area contributed by atoms with Crippen molar-refractivity contribution in [3.05, 3.63) is 0 Å². The summed E-state index contributed by atoms with van der Waals surface area (Å²) < 4.78 is 0. The second kappa shape index (κ2) is 6.73. The van der Waals surface area contributed by atoms with Crippen molar-refractivity contribution in [1.82, 2.24) is 5.32 Å². The van der Waals surface area contributed by atoms with Crippen LogP contribution in [0, 0.1) is 11.3 Å². The Bertz CT molecular complexity index is 295. The highest BCUT2D eigenvalue weighted by Gasteiger charge is 2.25. The summed E-state index contributed by atoms with van der Waals surface area (Å²) in [4.78, 5) is 22.6. The maximum absolute atomic E-state index is 11.8. The van der Waals surface area contributed by atoms with Gasteiger partial charge in [0, 0.05) is 6.04 Å². The molecule has 0 aromatic carbocycles. The molecule has 0 aliphatic heterocycles. The van der Waals surface area contributed by atoms with E-state index in [2.05, 4.69) is 5.32 Å². The third kappa shape index (κ3) is 7.27. The summed E-state index contributed by atoms with van der Waals surface area (Å²) in [5, 5.41) is 11.6. The van der Waals surface area contributed by atoms with Crippen LogP contribution in [0.25, 0.3) is 0 Å². The van der Waals surface area contributed by atoms with E-state index in [0.717, 1.165) is 0 Å². The molecule has 0 heterocycles. The highest BCUT2D eigenvalue weighted by Crippen LogP contribution is 2.22. The molecule has 0 saturated heterocycles. The van der Waals surface area contributed by atoms with E-state index >= 15 is 0 Å². The molecule has 0 aromatic heterocycles. The maximum Gasteiger partial charge on any atom is 0.305 e. The Morgan fingerprint density at radius 1 is 1.28 bits per heavy atom. The minimum absolute atomic E-state index is 0.0325. The Labute approximate surface area is 109 Å². The van der Waals surface area contributed by atoms with E-state index in [-0.39, 0.29) is 29.7 Å². The zero-order valence-corrected chi connectivity index (χ0v) is 12.0. The van der Waals surface area contributed by atoms with Crippen LogP contribution in [0.1, 0.15) is 47.5 Å². The first-order chi connectivity index (χ1) is 8.03. The molecule has 0 fully saturated rings. The highest BCUT2D eigenvalue weighted by molar-refractivity contribution is 5.82. The molecule has 0 aliphatic rings. The first-order valence-corrected chi connectivity index (χ1v) is 6.30. The summed E-state index contributed by atoms with van der Waals surface area (Å²) in [5.41, 5.74) is 5.70. The molecule has 1 amide bonds. The predicted molar refractivity (Wildman–Crippen MR) is 71.1 cm³/mol. The topological polar surface area (TPSA) is 92.4 Å². The lowest BCUT2D eigenvalue weighted by atomic mass is 9.86. The van der Waals surface area contributed by atoms with Gasteiger partial charge in [-0.3, -0.25) is 9.59 Å². The number of carbonyl (C=O) groups is 2. The van der Waals surface area contributed by atoms with Gasteiger partial charge in [0.25, 0.3) is 0 Å². The van der Waals surface area contributed by atoms with Crippen molar-refractivity contribution in [2.45, 2.75) is 59.5 Å². The minimum atomic E-state index is -0.914. The van der Waals surface area contributed by atoms with Gasteiger partial charge in [-0.05, 0) is 17.8 Å². The Kier molecular flexibility index (Phi) is 6.32. The summed E-state index contributed by atoms with van der Waals surface area (Å²) >= 11 is 0. The van der Waals surface area contributed by atoms with Crippen molar-refractivity contribution in [2.75, 3.05) is 0 Å². The predicted octanol–water partition coefficient (Wildman–Crippen LogP) is 1.37. The van der Waals surface area contributed by atoms with Crippen molar-refractivity contribution >= 4 is 11.9 Å². The van der Waals surface area contributed by atoms with E-state index in [9.17, 15) is 9.59 Å². The molecule has 0 spiro atoms. The third-order valence-corrected chi connectivity index (χ3v) is 2.65. The zero-order valence-electron chi connectivity index (χ0n) is 12.0. The van der Waals surface area contributed by atoms with E-state index in [4.69, 9.17) is 10.8 Å². The van der Waals surface area contributed by atoms with Crippen molar-refractivity contribution < 1.29 is 14.7 Å². The van der Waals surface area contributed by atoms with Crippen molar-refractivity contribution in [1.29, 1.82) is 0 Å². The number of carboxylic acids is 1. The molecule has 2 atom stereocenters. The van der Waals surface area contributed by atoms with Crippen LogP contribution in [0.2, 0.25) is 0 Å². The fourth-order valence-electron chi connectivity index (χ4n) is 1.72. The molecule has 106 valence electrons. The molecule has 0 radical (unpaired) electrons. The van der Waals surface area contributed by atoms with E-state index < -0.39 is 12.0 Å². The number of carboxylic acid groups (broad SMARTS) is 1. The summed E-state index contributed by atoms with van der Waals surface area (Å²) in [5.74, 6) is -1.16. The minimum Gasteiger partial charge on any atom is -0.481 e. The maximum atomic E-state index is 11.8. The van der Waals surface area contributed by atoms with Gasteiger partial charge in [0.1, 0.15) is 0 Å². The number of nitrogens with two attached hydrogens (primary N) is 1. The van der Waals surface area contributed by atoms with E-state index in [1.54, 1.807) is 0 Å². The molecular formula is C13H26N2O3. The normalized spacial score (nSPS) is 15.3. The SMILES string of the molecule is CC(C)C(N)C(=O)NC(CC(=O)O)CC(C)(C)C. The molecule has 2 unspecified atom stereocenters. The van der Waals surface area contributed by atoms with Gasteiger partial charge >= 0.3 is 5.97 Å². The number of hydrogen-bond acceptors (Lipinski definition) is 3. The van der Waals surface area contributed by atoms with Crippen LogP contribution in [0.4, 0.5) is 0 Å². The third-order valence-electron chi connectivity index (χ3n) is 2.65. The van der Waals surface area contributed by atoms with Crippen LogP contribution in [-0.4, -0.2) is 29.1 Å². The summed E-state index contributed by atoms with van der Waals surface area (Å²) in [7, 11) is 0. The molecule has 4 N–H and O–H groups in total. The largest absolute Gasteiger partial charge is 0.481 e. The van der Waals surface area contributed by atoms with Crippen LogP contribution in [-0.2, 0) is 9.59 Å². The van der Waals surface area contributed by atoms with Gasteiger partial charge in [-0.1, -0.05) is 34.6 Å². The summed E-state index contributed by atoms with van der Waals surface area (Å²) in [6.45, 7) is 9.75. The van der Waals surface area contributed by atoms with Crippen LogP contribution in [0.3, 0.4) is 0 Å². The zero-order chi connectivity index (χ0) is 14.5. The van der Waals surface area contributed by atoms with Gasteiger partial charge in [0.2, 0.25) is 5.91 Å². The Morgan fingerprint density at radius 2 is 1.78 bits per heavy atom. The fourth-order valence-corrected chi connectivity index (χ4v) is 1.72. The van der Waals surface area contributed by atoms with Gasteiger partial charge < -0.3 is 16.2 Å².